The number of hydrogen-bond acceptors (Lipinski definition) is 2. The zero-order valence-electron chi connectivity index (χ0n) is 11.6. The third-order valence-electron chi connectivity index (χ3n) is 2.60. The lowest BCUT2D eigenvalue weighted by molar-refractivity contribution is -0.137. The Kier molecular flexibility index (Phi) is 5.85. The molecule has 20 heavy (non-hydrogen) atoms. The molecule has 0 unspecified atom stereocenters. The molecule has 0 atom stereocenters. The second kappa shape index (κ2) is 7.17. The van der Waals surface area contributed by atoms with E-state index in [1.54, 1.807) is 0 Å². The van der Waals surface area contributed by atoms with Gasteiger partial charge in [-0.25, -0.2) is 0 Å². The van der Waals surface area contributed by atoms with Crippen LogP contribution in [-0.4, -0.2) is 19.0 Å². The maximum absolute atomic E-state index is 12.4. The minimum Gasteiger partial charge on any atom is -0.385 e. The summed E-state index contributed by atoms with van der Waals surface area (Å²) in [6.07, 6.45) is -4.04. The molecule has 2 N–H and O–H groups in total. The molecule has 1 amide bonds. The Hall–Kier alpha value is -1.72. The van der Waals surface area contributed by atoms with E-state index in [0.29, 0.717) is 24.7 Å². The van der Waals surface area contributed by atoms with Crippen LogP contribution in [-0.2, 0) is 11.0 Å². The van der Waals surface area contributed by atoms with Gasteiger partial charge in [-0.1, -0.05) is 13.8 Å². The van der Waals surface area contributed by atoms with Crippen LogP contribution < -0.4 is 10.6 Å². The minimum atomic E-state index is -4.32. The van der Waals surface area contributed by atoms with Crippen molar-refractivity contribution in [3.05, 3.63) is 29.8 Å². The van der Waals surface area contributed by atoms with E-state index in [-0.39, 0.29) is 12.3 Å². The van der Waals surface area contributed by atoms with Gasteiger partial charge in [-0.05, 0) is 30.2 Å². The van der Waals surface area contributed by atoms with Gasteiger partial charge in [0.2, 0.25) is 5.91 Å². The number of amides is 1. The Morgan fingerprint density at radius 1 is 1.20 bits per heavy atom. The monoisotopic (exact) mass is 288 g/mol. The zero-order chi connectivity index (χ0) is 15.2. The van der Waals surface area contributed by atoms with Gasteiger partial charge in [0, 0.05) is 25.2 Å². The molecule has 0 aliphatic heterocycles. The quantitative estimate of drug-likeness (QED) is 0.843. The first-order valence-electron chi connectivity index (χ1n) is 6.47. The molecule has 0 heterocycles. The van der Waals surface area contributed by atoms with Gasteiger partial charge in [0.1, 0.15) is 0 Å². The summed E-state index contributed by atoms with van der Waals surface area (Å²) < 4.78 is 37.1. The first-order valence-corrected chi connectivity index (χ1v) is 6.47. The van der Waals surface area contributed by atoms with Crippen molar-refractivity contribution >= 4 is 11.6 Å². The van der Waals surface area contributed by atoms with Crippen molar-refractivity contribution in [2.75, 3.05) is 18.4 Å². The lowest BCUT2D eigenvalue weighted by Gasteiger charge is -2.10. The molecule has 1 aromatic rings. The number of carbonyl (C=O) groups is 1. The van der Waals surface area contributed by atoms with Crippen LogP contribution >= 0.6 is 0 Å². The van der Waals surface area contributed by atoms with E-state index in [4.69, 9.17) is 0 Å². The second-order valence-corrected chi connectivity index (χ2v) is 4.95. The van der Waals surface area contributed by atoms with Gasteiger partial charge >= 0.3 is 6.18 Å². The molecule has 0 saturated heterocycles. The normalized spacial score (nSPS) is 11.5. The van der Waals surface area contributed by atoms with Gasteiger partial charge < -0.3 is 10.6 Å². The summed E-state index contributed by atoms with van der Waals surface area (Å²) in [5.41, 5.74) is -0.118. The number of carbonyl (C=O) groups excluding carboxylic acids is 1. The number of rotatable bonds is 6. The lowest BCUT2D eigenvalue weighted by atomic mass is 10.2. The molecule has 1 rings (SSSR count). The van der Waals surface area contributed by atoms with Gasteiger partial charge in [0.25, 0.3) is 0 Å². The molecule has 112 valence electrons. The smallest absolute Gasteiger partial charge is 0.385 e. The summed E-state index contributed by atoms with van der Waals surface area (Å²) in [5, 5.41) is 5.68. The van der Waals surface area contributed by atoms with Crippen molar-refractivity contribution in [1.29, 1.82) is 0 Å². The van der Waals surface area contributed by atoms with Crippen molar-refractivity contribution in [1.82, 2.24) is 5.32 Å². The van der Waals surface area contributed by atoms with Crippen LogP contribution in [0.25, 0.3) is 0 Å². The molecule has 0 aliphatic rings. The Labute approximate surface area is 116 Å². The van der Waals surface area contributed by atoms with E-state index in [9.17, 15) is 18.0 Å². The van der Waals surface area contributed by atoms with Crippen molar-refractivity contribution in [3.8, 4) is 0 Å². The Bertz CT molecular complexity index is 427. The highest BCUT2D eigenvalue weighted by Gasteiger charge is 2.29. The molecular formula is C14H19F3N2O. The number of alkyl halides is 3. The van der Waals surface area contributed by atoms with Crippen LogP contribution in [0, 0.1) is 5.92 Å². The molecule has 0 saturated carbocycles. The van der Waals surface area contributed by atoms with Crippen molar-refractivity contribution in [2.24, 2.45) is 5.92 Å². The first-order chi connectivity index (χ1) is 9.29. The second-order valence-electron chi connectivity index (χ2n) is 4.95. The van der Waals surface area contributed by atoms with E-state index in [0.717, 1.165) is 12.1 Å². The summed E-state index contributed by atoms with van der Waals surface area (Å²) in [7, 11) is 0. The van der Waals surface area contributed by atoms with Crippen LogP contribution in [0.4, 0.5) is 18.9 Å². The molecule has 1 aromatic carbocycles. The van der Waals surface area contributed by atoms with Crippen LogP contribution in [0.5, 0.6) is 0 Å². The van der Waals surface area contributed by atoms with Crippen LogP contribution in [0.2, 0.25) is 0 Å². The molecule has 0 aliphatic carbocycles. The fraction of sp³-hybridized carbons (Fsp3) is 0.500. The van der Waals surface area contributed by atoms with E-state index in [2.05, 4.69) is 10.6 Å². The topological polar surface area (TPSA) is 41.1 Å². The van der Waals surface area contributed by atoms with E-state index >= 15 is 0 Å². The molecule has 0 spiro atoms. The average Bonchev–Trinajstić information content (AvgIpc) is 2.36. The highest BCUT2D eigenvalue weighted by molar-refractivity contribution is 5.76. The summed E-state index contributed by atoms with van der Waals surface area (Å²) >= 11 is 0. The minimum absolute atomic E-state index is 0.0712. The first kappa shape index (κ1) is 16.3. The van der Waals surface area contributed by atoms with Gasteiger partial charge in [-0.2, -0.15) is 13.2 Å². The van der Waals surface area contributed by atoms with Gasteiger partial charge in [0.05, 0.1) is 5.56 Å². The lowest BCUT2D eigenvalue weighted by Crippen LogP contribution is -2.28. The molecule has 3 nitrogen and oxygen atoms in total. The number of halogens is 3. The van der Waals surface area contributed by atoms with Crippen molar-refractivity contribution in [3.63, 3.8) is 0 Å². The number of benzene rings is 1. The van der Waals surface area contributed by atoms with E-state index in [1.807, 2.05) is 13.8 Å². The predicted octanol–water partition coefficient (Wildman–Crippen LogP) is 3.28. The highest BCUT2D eigenvalue weighted by atomic mass is 19.4. The van der Waals surface area contributed by atoms with Crippen LogP contribution in [0.1, 0.15) is 25.8 Å². The Balaban J connectivity index is 2.34. The van der Waals surface area contributed by atoms with Gasteiger partial charge in [-0.15, -0.1) is 0 Å². The molecule has 0 bridgehead atoms. The van der Waals surface area contributed by atoms with Crippen LogP contribution in [0.15, 0.2) is 24.3 Å². The Morgan fingerprint density at radius 2 is 1.80 bits per heavy atom. The molecule has 0 fully saturated rings. The van der Waals surface area contributed by atoms with Crippen molar-refractivity contribution in [2.45, 2.75) is 26.4 Å². The molecule has 0 aromatic heterocycles. The summed E-state index contributed by atoms with van der Waals surface area (Å²) in [5.74, 6) is 0.319. The summed E-state index contributed by atoms with van der Waals surface area (Å²) in [4.78, 5) is 11.4. The molecular weight excluding hydrogens is 269 g/mol. The SMILES string of the molecule is CC(C)CNC(=O)CCNc1ccc(C(F)(F)F)cc1. The predicted molar refractivity (Wildman–Crippen MR) is 72.4 cm³/mol. The third-order valence-corrected chi connectivity index (χ3v) is 2.60. The molecule has 6 heteroatoms. The van der Waals surface area contributed by atoms with Gasteiger partial charge in [0.15, 0.2) is 0 Å². The number of hydrogen-bond donors (Lipinski definition) is 2. The summed E-state index contributed by atoms with van der Waals surface area (Å²) in [6.45, 7) is 5.01. The largest absolute Gasteiger partial charge is 0.416 e. The maximum Gasteiger partial charge on any atom is 0.416 e. The average molecular weight is 288 g/mol. The third kappa shape index (κ3) is 5.95. The van der Waals surface area contributed by atoms with Crippen molar-refractivity contribution < 1.29 is 18.0 Å². The van der Waals surface area contributed by atoms with E-state index < -0.39 is 11.7 Å². The summed E-state index contributed by atoms with van der Waals surface area (Å²) in [6, 6.07) is 4.74. The van der Waals surface area contributed by atoms with Gasteiger partial charge in [-0.3, -0.25) is 4.79 Å². The number of anilines is 1. The highest BCUT2D eigenvalue weighted by Crippen LogP contribution is 2.29. The number of nitrogens with one attached hydrogen (secondary N) is 2. The fourth-order valence-electron chi connectivity index (χ4n) is 1.50. The van der Waals surface area contributed by atoms with E-state index in [1.165, 1.54) is 12.1 Å². The maximum atomic E-state index is 12.4. The Morgan fingerprint density at radius 3 is 2.30 bits per heavy atom. The molecule has 0 radical (unpaired) electrons. The zero-order valence-corrected chi connectivity index (χ0v) is 11.6. The van der Waals surface area contributed by atoms with Crippen LogP contribution in [0.3, 0.4) is 0 Å². The standard InChI is InChI=1S/C14H19F3N2O/c1-10(2)9-19-13(20)7-8-18-12-5-3-11(4-6-12)14(15,16)17/h3-6,10,18H,7-9H2,1-2H3,(H,19,20). The fourth-order valence-corrected chi connectivity index (χ4v) is 1.50.